The van der Waals surface area contributed by atoms with Gasteiger partial charge in [0.25, 0.3) is 5.69 Å². The average molecular weight is 264 g/mol. The molecule has 0 aliphatic rings. The van der Waals surface area contributed by atoms with Crippen LogP contribution in [0.25, 0.3) is 0 Å². The third-order valence-electron chi connectivity index (χ3n) is 2.80. The van der Waals surface area contributed by atoms with Gasteiger partial charge in [0.1, 0.15) is 11.4 Å². The van der Waals surface area contributed by atoms with Crippen molar-refractivity contribution >= 4 is 11.4 Å². The first-order chi connectivity index (χ1) is 9.13. The van der Waals surface area contributed by atoms with E-state index >= 15 is 0 Å². The molecule has 6 heteroatoms. The molecular weight excluding hydrogens is 251 g/mol. The summed E-state index contributed by atoms with van der Waals surface area (Å²) in [5.74, 6) is -0.0424. The number of benzene rings is 1. The summed E-state index contributed by atoms with van der Waals surface area (Å²) >= 11 is 0. The van der Waals surface area contributed by atoms with Crippen LogP contribution in [0.4, 0.5) is 15.8 Å². The van der Waals surface area contributed by atoms with Crippen molar-refractivity contribution in [3.8, 4) is 0 Å². The molecule has 2 aromatic rings. The Morgan fingerprint density at radius 3 is 2.79 bits per heavy atom. The highest BCUT2D eigenvalue weighted by molar-refractivity contribution is 5.62. The second kappa shape index (κ2) is 5.51. The van der Waals surface area contributed by atoms with Crippen molar-refractivity contribution in [2.75, 3.05) is 5.32 Å². The lowest BCUT2D eigenvalue weighted by molar-refractivity contribution is -0.384. The van der Waals surface area contributed by atoms with Crippen molar-refractivity contribution in [3.63, 3.8) is 0 Å². The van der Waals surface area contributed by atoms with Crippen LogP contribution in [0.5, 0.6) is 0 Å². The number of nitro groups is 1. The lowest BCUT2D eigenvalue weighted by Gasteiger charge is -2.16. The Bertz CT molecular complexity index is 569. The zero-order chi connectivity index (χ0) is 13.8. The maximum atomic E-state index is 13.8. The Balaban J connectivity index is 2.34. The lowest BCUT2D eigenvalue weighted by atomic mass is 10.1. The summed E-state index contributed by atoms with van der Waals surface area (Å²) in [6.07, 6.45) is 2.12. The van der Waals surface area contributed by atoms with Crippen molar-refractivity contribution < 1.29 is 13.7 Å². The van der Waals surface area contributed by atoms with Gasteiger partial charge in [0.05, 0.1) is 17.2 Å². The van der Waals surface area contributed by atoms with Gasteiger partial charge in [-0.15, -0.1) is 0 Å². The molecule has 0 fully saturated rings. The topological polar surface area (TPSA) is 68.3 Å². The fraction of sp³-hybridized carbons (Fsp3) is 0.231. The van der Waals surface area contributed by atoms with Gasteiger partial charge >= 0.3 is 0 Å². The zero-order valence-electron chi connectivity index (χ0n) is 10.3. The minimum Gasteiger partial charge on any atom is -0.467 e. The highest BCUT2D eigenvalue weighted by atomic mass is 19.1. The standard InChI is InChI=1S/C13H13FN2O3/c1-2-10(12-7-4-8-19-12)15-13-9(14)5-3-6-11(13)16(17)18/h3-8,10,15H,2H2,1H3. The first kappa shape index (κ1) is 13.1. The van der Waals surface area contributed by atoms with Crippen LogP contribution in [0.1, 0.15) is 25.1 Å². The van der Waals surface area contributed by atoms with Gasteiger partial charge in [-0.05, 0) is 24.6 Å². The van der Waals surface area contributed by atoms with Crippen LogP contribution < -0.4 is 5.32 Å². The maximum absolute atomic E-state index is 13.8. The summed E-state index contributed by atoms with van der Waals surface area (Å²) in [5.41, 5.74) is -0.402. The average Bonchev–Trinajstić information content (AvgIpc) is 2.90. The number of halogens is 1. The third-order valence-corrected chi connectivity index (χ3v) is 2.80. The highest BCUT2D eigenvalue weighted by Crippen LogP contribution is 2.31. The van der Waals surface area contributed by atoms with Gasteiger partial charge in [0, 0.05) is 6.07 Å². The minimum atomic E-state index is -0.654. The van der Waals surface area contributed by atoms with E-state index in [1.54, 1.807) is 12.1 Å². The smallest absolute Gasteiger partial charge is 0.295 e. The van der Waals surface area contributed by atoms with Gasteiger partial charge in [-0.2, -0.15) is 0 Å². The van der Waals surface area contributed by atoms with E-state index in [2.05, 4.69) is 5.32 Å². The predicted octanol–water partition coefficient (Wildman–Crippen LogP) is 3.89. The van der Waals surface area contributed by atoms with Crippen LogP contribution in [0.15, 0.2) is 41.0 Å². The number of anilines is 1. The number of hydrogen-bond donors (Lipinski definition) is 1. The molecule has 0 aliphatic heterocycles. The molecule has 0 saturated heterocycles. The van der Waals surface area contributed by atoms with E-state index in [1.165, 1.54) is 24.5 Å². The fourth-order valence-electron chi connectivity index (χ4n) is 1.85. The monoisotopic (exact) mass is 264 g/mol. The second-order valence-electron chi connectivity index (χ2n) is 4.01. The summed E-state index contributed by atoms with van der Waals surface area (Å²) in [7, 11) is 0. The van der Waals surface area contributed by atoms with Gasteiger partial charge < -0.3 is 9.73 Å². The number of nitrogens with zero attached hydrogens (tertiary/aromatic N) is 1. The Labute approximate surface area is 109 Å². The number of furan rings is 1. The molecule has 1 unspecified atom stereocenters. The summed E-state index contributed by atoms with van der Waals surface area (Å²) in [6, 6.07) is 6.91. The molecule has 1 aromatic heterocycles. The van der Waals surface area contributed by atoms with Crippen molar-refractivity contribution in [2.45, 2.75) is 19.4 Å². The van der Waals surface area contributed by atoms with E-state index in [-0.39, 0.29) is 17.4 Å². The Morgan fingerprint density at radius 1 is 1.42 bits per heavy atom. The molecule has 0 radical (unpaired) electrons. The van der Waals surface area contributed by atoms with E-state index in [0.29, 0.717) is 12.2 Å². The van der Waals surface area contributed by atoms with Crippen LogP contribution in [-0.2, 0) is 0 Å². The van der Waals surface area contributed by atoms with Gasteiger partial charge in [-0.3, -0.25) is 10.1 Å². The molecule has 1 N–H and O–H groups in total. The van der Waals surface area contributed by atoms with Crippen LogP contribution in [0.3, 0.4) is 0 Å². The minimum absolute atomic E-state index is 0.115. The highest BCUT2D eigenvalue weighted by Gasteiger charge is 2.22. The van der Waals surface area contributed by atoms with E-state index in [1.807, 2.05) is 6.92 Å². The normalized spacial score (nSPS) is 12.1. The Hall–Kier alpha value is -2.37. The number of nitro benzene ring substituents is 1. The quantitative estimate of drug-likeness (QED) is 0.657. The molecule has 5 nitrogen and oxygen atoms in total. The molecular formula is C13H13FN2O3. The number of rotatable bonds is 5. The molecule has 1 heterocycles. The second-order valence-corrected chi connectivity index (χ2v) is 4.01. The molecule has 1 atom stereocenters. The molecule has 0 aliphatic carbocycles. The Kier molecular flexibility index (Phi) is 3.79. The van der Waals surface area contributed by atoms with Gasteiger partial charge in [0.15, 0.2) is 5.82 Å². The molecule has 2 rings (SSSR count). The Morgan fingerprint density at radius 2 is 2.21 bits per heavy atom. The van der Waals surface area contributed by atoms with Crippen molar-refractivity contribution in [1.82, 2.24) is 0 Å². The van der Waals surface area contributed by atoms with Crippen molar-refractivity contribution in [2.24, 2.45) is 0 Å². The number of nitrogens with one attached hydrogen (secondary N) is 1. The molecule has 0 amide bonds. The van der Waals surface area contributed by atoms with E-state index < -0.39 is 10.7 Å². The first-order valence-electron chi connectivity index (χ1n) is 5.86. The molecule has 0 bridgehead atoms. The van der Waals surface area contributed by atoms with Gasteiger partial charge in [-0.1, -0.05) is 13.0 Å². The molecule has 100 valence electrons. The summed E-state index contributed by atoms with van der Waals surface area (Å²) in [5, 5.41) is 13.7. The van der Waals surface area contributed by atoms with Crippen LogP contribution in [-0.4, -0.2) is 4.92 Å². The number of hydrogen-bond acceptors (Lipinski definition) is 4. The SMILES string of the molecule is CCC(Nc1c(F)cccc1[N+](=O)[O-])c1ccco1. The molecule has 0 saturated carbocycles. The van der Waals surface area contributed by atoms with Gasteiger partial charge in [-0.25, -0.2) is 4.39 Å². The summed E-state index contributed by atoms with van der Waals surface area (Å²) < 4.78 is 19.0. The predicted molar refractivity (Wildman–Crippen MR) is 68.4 cm³/mol. The van der Waals surface area contributed by atoms with Crippen LogP contribution >= 0.6 is 0 Å². The van der Waals surface area contributed by atoms with Crippen LogP contribution in [0.2, 0.25) is 0 Å². The fourth-order valence-corrected chi connectivity index (χ4v) is 1.85. The molecule has 0 spiro atoms. The van der Waals surface area contributed by atoms with Crippen LogP contribution in [0, 0.1) is 15.9 Å². The van der Waals surface area contributed by atoms with Crippen molar-refractivity contribution in [1.29, 1.82) is 0 Å². The zero-order valence-corrected chi connectivity index (χ0v) is 10.3. The van der Waals surface area contributed by atoms with E-state index in [4.69, 9.17) is 4.42 Å². The van der Waals surface area contributed by atoms with Crippen molar-refractivity contribution in [3.05, 3.63) is 58.3 Å². The largest absolute Gasteiger partial charge is 0.467 e. The molecule has 1 aromatic carbocycles. The summed E-state index contributed by atoms with van der Waals surface area (Å²) in [4.78, 5) is 10.3. The van der Waals surface area contributed by atoms with E-state index in [9.17, 15) is 14.5 Å². The lowest BCUT2D eigenvalue weighted by Crippen LogP contribution is -2.11. The van der Waals surface area contributed by atoms with Gasteiger partial charge in [0.2, 0.25) is 0 Å². The van der Waals surface area contributed by atoms with E-state index in [0.717, 1.165) is 0 Å². The summed E-state index contributed by atoms with van der Waals surface area (Å²) in [6.45, 7) is 1.88. The molecule has 19 heavy (non-hydrogen) atoms. The maximum Gasteiger partial charge on any atom is 0.295 e. The first-order valence-corrected chi connectivity index (χ1v) is 5.86. The number of para-hydroxylation sites is 1. The third kappa shape index (κ3) is 2.73.